The number of carboxylic acids is 1. The van der Waals surface area contributed by atoms with Gasteiger partial charge in [0.1, 0.15) is 0 Å². The van der Waals surface area contributed by atoms with E-state index >= 15 is 0 Å². The van der Waals surface area contributed by atoms with Gasteiger partial charge in [-0.15, -0.1) is 0 Å². The molecule has 1 heterocycles. The first-order chi connectivity index (χ1) is 6.35. The van der Waals surface area contributed by atoms with Crippen molar-refractivity contribution >= 4 is 5.97 Å². The Hall–Kier alpha value is -0.610. The van der Waals surface area contributed by atoms with Crippen LogP contribution in [0.1, 0.15) is 20.8 Å². The molecule has 0 aromatic rings. The molecule has 0 saturated carbocycles. The minimum absolute atomic E-state index is 0.235. The third-order valence-corrected chi connectivity index (χ3v) is 3.02. The van der Waals surface area contributed by atoms with E-state index in [1.807, 2.05) is 18.7 Å². The number of rotatable bonds is 4. The van der Waals surface area contributed by atoms with Crippen molar-refractivity contribution in [1.29, 1.82) is 0 Å². The lowest BCUT2D eigenvalue weighted by Gasteiger charge is -2.49. The molecule has 0 amide bonds. The molecule has 0 radical (unpaired) electrons. The highest BCUT2D eigenvalue weighted by molar-refractivity contribution is 5.69. The minimum atomic E-state index is -0.773. The van der Waals surface area contributed by atoms with Crippen LogP contribution in [-0.4, -0.2) is 46.3 Å². The van der Waals surface area contributed by atoms with Crippen LogP contribution in [0.15, 0.2) is 0 Å². The fourth-order valence-electron chi connectivity index (χ4n) is 1.69. The molecule has 0 aromatic carbocycles. The zero-order chi connectivity index (χ0) is 10.9. The Bertz CT molecular complexity index is 221. The van der Waals surface area contributed by atoms with Crippen LogP contribution in [0.3, 0.4) is 0 Å². The number of nitrogens with zero attached hydrogens (tertiary/aromatic N) is 1. The van der Waals surface area contributed by atoms with Gasteiger partial charge in [0.2, 0.25) is 0 Å². The third kappa shape index (κ3) is 2.25. The highest BCUT2D eigenvalue weighted by atomic mass is 16.4. The second kappa shape index (κ2) is 3.87. The van der Waals surface area contributed by atoms with E-state index in [-0.39, 0.29) is 11.8 Å². The summed E-state index contributed by atoms with van der Waals surface area (Å²) in [5.74, 6) is -0.893. The Morgan fingerprint density at radius 1 is 1.43 bits per heavy atom. The maximum atomic E-state index is 10.6. The van der Waals surface area contributed by atoms with Crippen LogP contribution in [0.25, 0.3) is 0 Å². The van der Waals surface area contributed by atoms with E-state index < -0.39 is 11.6 Å². The lowest BCUT2D eigenvalue weighted by atomic mass is 9.82. The molecule has 4 heteroatoms. The molecule has 14 heavy (non-hydrogen) atoms. The number of hydrogen-bond donors (Lipinski definition) is 2. The zero-order valence-corrected chi connectivity index (χ0v) is 9.03. The van der Waals surface area contributed by atoms with E-state index in [2.05, 4.69) is 0 Å². The van der Waals surface area contributed by atoms with Gasteiger partial charge in [0.15, 0.2) is 0 Å². The molecule has 0 bridgehead atoms. The Morgan fingerprint density at radius 2 is 1.93 bits per heavy atom. The van der Waals surface area contributed by atoms with Gasteiger partial charge in [-0.1, -0.05) is 20.8 Å². The summed E-state index contributed by atoms with van der Waals surface area (Å²) in [4.78, 5) is 12.6. The predicted octanol–water partition coefficient (Wildman–Crippen LogP) is 0.410. The summed E-state index contributed by atoms with van der Waals surface area (Å²) in [7, 11) is 0. The summed E-state index contributed by atoms with van der Waals surface area (Å²) in [5, 5.41) is 18.6. The summed E-state index contributed by atoms with van der Waals surface area (Å²) in [6.45, 7) is 7.39. The van der Waals surface area contributed by atoms with Crippen LogP contribution in [0.4, 0.5) is 0 Å². The lowest BCUT2D eigenvalue weighted by molar-refractivity contribution is -0.150. The lowest BCUT2D eigenvalue weighted by Crippen LogP contribution is -2.65. The quantitative estimate of drug-likeness (QED) is 0.691. The predicted molar refractivity (Wildman–Crippen MR) is 53.0 cm³/mol. The van der Waals surface area contributed by atoms with Crippen molar-refractivity contribution in [3.63, 3.8) is 0 Å². The Morgan fingerprint density at radius 3 is 2.29 bits per heavy atom. The number of aliphatic hydroxyl groups is 1. The summed E-state index contributed by atoms with van der Waals surface area (Å²) in [5.41, 5.74) is -0.599. The normalized spacial score (nSPS) is 23.2. The minimum Gasteiger partial charge on any atom is -0.481 e. The average Bonchev–Trinajstić information content (AvgIpc) is 2.00. The second-order valence-corrected chi connectivity index (χ2v) is 4.67. The van der Waals surface area contributed by atoms with Crippen LogP contribution in [-0.2, 0) is 4.79 Å². The van der Waals surface area contributed by atoms with Gasteiger partial charge in [-0.05, 0) is 5.92 Å². The molecule has 1 fully saturated rings. The van der Waals surface area contributed by atoms with Gasteiger partial charge in [0.25, 0.3) is 0 Å². The van der Waals surface area contributed by atoms with Crippen molar-refractivity contribution in [2.75, 3.05) is 19.6 Å². The third-order valence-electron chi connectivity index (χ3n) is 3.02. The number of aliphatic carboxylic acids is 1. The molecule has 82 valence electrons. The molecule has 1 unspecified atom stereocenters. The summed E-state index contributed by atoms with van der Waals surface area (Å²) in [6.07, 6.45) is 0. The molecule has 1 saturated heterocycles. The summed E-state index contributed by atoms with van der Waals surface area (Å²) < 4.78 is 0. The summed E-state index contributed by atoms with van der Waals surface area (Å²) in [6, 6.07) is 0. The molecular formula is C10H19NO3. The van der Waals surface area contributed by atoms with Crippen LogP contribution >= 0.6 is 0 Å². The molecular weight excluding hydrogens is 182 g/mol. The van der Waals surface area contributed by atoms with Gasteiger partial charge in [-0.25, -0.2) is 0 Å². The van der Waals surface area contributed by atoms with Crippen LogP contribution in [0.2, 0.25) is 0 Å². The standard InChI is InChI=1S/C10H19NO3/c1-7(2)10(14)5-11(6-10)4-8(3)9(12)13/h7-8,14H,4-6H2,1-3H3,(H,12,13). The highest BCUT2D eigenvalue weighted by Gasteiger charge is 2.43. The van der Waals surface area contributed by atoms with Crippen molar-refractivity contribution in [1.82, 2.24) is 4.90 Å². The summed E-state index contributed by atoms with van der Waals surface area (Å²) >= 11 is 0. The van der Waals surface area contributed by atoms with Crippen LogP contribution in [0, 0.1) is 11.8 Å². The maximum Gasteiger partial charge on any atom is 0.307 e. The first-order valence-corrected chi connectivity index (χ1v) is 5.02. The van der Waals surface area contributed by atoms with Crippen LogP contribution < -0.4 is 0 Å². The maximum absolute atomic E-state index is 10.6. The second-order valence-electron chi connectivity index (χ2n) is 4.67. The van der Waals surface area contributed by atoms with E-state index in [1.165, 1.54) is 0 Å². The van der Waals surface area contributed by atoms with Gasteiger partial charge in [0, 0.05) is 19.6 Å². The van der Waals surface area contributed by atoms with E-state index in [4.69, 9.17) is 5.11 Å². The number of β-amino-alcohol motifs (C(OH)–C–C–N with tert-alkyl or cyclic N) is 1. The number of carboxylic acid groups (broad SMARTS) is 1. The first-order valence-electron chi connectivity index (χ1n) is 5.02. The largest absolute Gasteiger partial charge is 0.481 e. The number of carbonyl (C=O) groups is 1. The molecule has 1 aliphatic heterocycles. The topological polar surface area (TPSA) is 60.8 Å². The molecule has 4 nitrogen and oxygen atoms in total. The smallest absolute Gasteiger partial charge is 0.307 e. The van der Waals surface area contributed by atoms with Gasteiger partial charge in [-0.2, -0.15) is 0 Å². The first kappa shape index (κ1) is 11.5. The van der Waals surface area contributed by atoms with E-state index in [0.29, 0.717) is 19.6 Å². The van der Waals surface area contributed by atoms with E-state index in [0.717, 1.165) is 0 Å². The average molecular weight is 201 g/mol. The number of likely N-dealkylation sites (tertiary alicyclic amines) is 1. The Balaban J connectivity index is 2.32. The monoisotopic (exact) mass is 201 g/mol. The van der Waals surface area contributed by atoms with Gasteiger partial charge < -0.3 is 10.2 Å². The van der Waals surface area contributed by atoms with Crippen molar-refractivity contribution in [2.45, 2.75) is 26.4 Å². The highest BCUT2D eigenvalue weighted by Crippen LogP contribution is 2.28. The molecule has 2 N–H and O–H groups in total. The van der Waals surface area contributed by atoms with E-state index in [1.54, 1.807) is 6.92 Å². The SMILES string of the molecule is CC(CN1CC(O)(C(C)C)C1)C(=O)O. The van der Waals surface area contributed by atoms with Crippen molar-refractivity contribution in [2.24, 2.45) is 11.8 Å². The van der Waals surface area contributed by atoms with E-state index in [9.17, 15) is 9.90 Å². The molecule has 0 aromatic heterocycles. The fourth-order valence-corrected chi connectivity index (χ4v) is 1.69. The fraction of sp³-hybridized carbons (Fsp3) is 0.900. The molecule has 0 aliphatic carbocycles. The Kier molecular flexibility index (Phi) is 3.17. The molecule has 1 aliphatic rings. The molecule has 0 spiro atoms. The Labute approximate surface area is 84.5 Å². The van der Waals surface area contributed by atoms with Crippen molar-refractivity contribution in [3.8, 4) is 0 Å². The number of hydrogen-bond acceptors (Lipinski definition) is 3. The molecule has 1 atom stereocenters. The van der Waals surface area contributed by atoms with Gasteiger partial charge >= 0.3 is 5.97 Å². The zero-order valence-electron chi connectivity index (χ0n) is 9.03. The molecule has 1 rings (SSSR count). The van der Waals surface area contributed by atoms with Crippen molar-refractivity contribution in [3.05, 3.63) is 0 Å². The van der Waals surface area contributed by atoms with Crippen LogP contribution in [0.5, 0.6) is 0 Å². The van der Waals surface area contributed by atoms with Crippen molar-refractivity contribution < 1.29 is 15.0 Å². The van der Waals surface area contributed by atoms with Gasteiger partial charge in [0.05, 0.1) is 11.5 Å². The van der Waals surface area contributed by atoms with Gasteiger partial charge in [-0.3, -0.25) is 9.69 Å².